The maximum atomic E-state index is 2.48. The largest absolute Gasteiger partial charge is 0.290 e. The third-order valence-corrected chi connectivity index (χ3v) is 5.03. The molecule has 0 unspecified atom stereocenters. The first-order valence-electron chi connectivity index (χ1n) is 9.13. The number of aromatic nitrogens is 2. The van der Waals surface area contributed by atoms with Crippen LogP contribution in [0.1, 0.15) is 52.7 Å². The van der Waals surface area contributed by atoms with Crippen molar-refractivity contribution in [2.24, 2.45) is 7.05 Å². The van der Waals surface area contributed by atoms with Crippen molar-refractivity contribution in [1.29, 1.82) is 0 Å². The average molecular weight is 336 g/mol. The van der Waals surface area contributed by atoms with Gasteiger partial charge in [0.1, 0.15) is 5.54 Å². The molecular weight excluding hydrogens is 304 g/mol. The van der Waals surface area contributed by atoms with Gasteiger partial charge in [0, 0.05) is 0 Å². The molecule has 0 aliphatic carbocycles. The van der Waals surface area contributed by atoms with Crippen molar-refractivity contribution in [3.63, 3.8) is 0 Å². The molecule has 132 valence electrons. The normalized spacial score (nSPS) is 12.8. The standard InChI is InChI=1S/C23H31N2/c1-16-11-9-10-12-18(16)21-24(8)20-15-17(22(2,3)4)13-14-19(20)25(21)23(5,6)7/h9-15H,1-8H3/q+1. The summed E-state index contributed by atoms with van der Waals surface area (Å²) in [4.78, 5) is 0. The van der Waals surface area contributed by atoms with Crippen LogP contribution in [0.3, 0.4) is 0 Å². The van der Waals surface area contributed by atoms with Crippen molar-refractivity contribution in [1.82, 2.24) is 4.57 Å². The lowest BCUT2D eigenvalue weighted by molar-refractivity contribution is -0.721. The lowest BCUT2D eigenvalue weighted by atomic mass is 9.87. The molecule has 2 nitrogen and oxygen atoms in total. The highest BCUT2D eigenvalue weighted by Gasteiger charge is 2.33. The number of imidazole rings is 1. The van der Waals surface area contributed by atoms with E-state index in [2.05, 4.69) is 107 Å². The minimum Gasteiger partial charge on any atom is -0.226 e. The Kier molecular flexibility index (Phi) is 4.06. The Labute approximate surface area is 152 Å². The molecule has 0 bridgehead atoms. The van der Waals surface area contributed by atoms with Gasteiger partial charge >= 0.3 is 0 Å². The molecule has 2 aromatic carbocycles. The number of aryl methyl sites for hydroxylation is 2. The molecule has 0 fully saturated rings. The molecular formula is C23H31N2+. The summed E-state index contributed by atoms with van der Waals surface area (Å²) in [6.07, 6.45) is 0. The Hall–Kier alpha value is -2.09. The van der Waals surface area contributed by atoms with E-state index in [1.165, 1.54) is 33.5 Å². The summed E-state index contributed by atoms with van der Waals surface area (Å²) in [5.74, 6) is 1.27. The van der Waals surface area contributed by atoms with Gasteiger partial charge in [-0.2, -0.15) is 0 Å². The third-order valence-electron chi connectivity index (χ3n) is 5.03. The zero-order valence-corrected chi connectivity index (χ0v) is 16.9. The van der Waals surface area contributed by atoms with E-state index >= 15 is 0 Å². The summed E-state index contributed by atoms with van der Waals surface area (Å²) < 4.78 is 4.84. The Morgan fingerprint density at radius 1 is 0.880 bits per heavy atom. The van der Waals surface area contributed by atoms with Crippen LogP contribution in [0.2, 0.25) is 0 Å². The average Bonchev–Trinajstić information content (AvgIpc) is 2.79. The van der Waals surface area contributed by atoms with Crippen molar-refractivity contribution < 1.29 is 4.57 Å². The van der Waals surface area contributed by atoms with E-state index in [1.807, 2.05) is 0 Å². The van der Waals surface area contributed by atoms with Gasteiger partial charge in [0.05, 0.1) is 12.6 Å². The first kappa shape index (κ1) is 17.7. The second-order valence-electron chi connectivity index (χ2n) is 9.16. The van der Waals surface area contributed by atoms with E-state index in [0.717, 1.165) is 0 Å². The van der Waals surface area contributed by atoms with Crippen LogP contribution in [0.15, 0.2) is 42.5 Å². The zero-order valence-electron chi connectivity index (χ0n) is 16.9. The predicted molar refractivity (Wildman–Crippen MR) is 107 cm³/mol. The molecule has 0 amide bonds. The minimum absolute atomic E-state index is 0.000371. The molecule has 0 radical (unpaired) electrons. The summed E-state index contributed by atoms with van der Waals surface area (Å²) >= 11 is 0. The maximum Gasteiger partial charge on any atom is 0.290 e. The molecule has 0 spiro atoms. The van der Waals surface area contributed by atoms with Crippen LogP contribution in [-0.4, -0.2) is 4.57 Å². The van der Waals surface area contributed by atoms with Gasteiger partial charge in [0.25, 0.3) is 5.82 Å². The van der Waals surface area contributed by atoms with Gasteiger partial charge in [-0.3, -0.25) is 0 Å². The molecule has 2 heteroatoms. The Morgan fingerprint density at radius 2 is 1.52 bits per heavy atom. The van der Waals surface area contributed by atoms with Gasteiger partial charge < -0.3 is 0 Å². The summed E-state index contributed by atoms with van der Waals surface area (Å²) in [7, 11) is 2.19. The number of hydrogen-bond donors (Lipinski definition) is 0. The van der Waals surface area contributed by atoms with Crippen molar-refractivity contribution in [2.45, 2.75) is 59.4 Å². The predicted octanol–water partition coefficient (Wildman–Crippen LogP) is 5.49. The number of hydrogen-bond acceptors (Lipinski definition) is 0. The molecule has 3 aromatic rings. The Balaban J connectivity index is 2.44. The monoisotopic (exact) mass is 335 g/mol. The zero-order chi connectivity index (χ0) is 18.6. The second-order valence-corrected chi connectivity index (χ2v) is 9.16. The smallest absolute Gasteiger partial charge is 0.226 e. The molecule has 0 saturated carbocycles. The van der Waals surface area contributed by atoms with Crippen LogP contribution in [-0.2, 0) is 18.0 Å². The molecule has 0 aliphatic rings. The van der Waals surface area contributed by atoms with Gasteiger partial charge in [0.15, 0.2) is 11.0 Å². The van der Waals surface area contributed by atoms with Crippen LogP contribution in [0.4, 0.5) is 0 Å². The van der Waals surface area contributed by atoms with E-state index in [4.69, 9.17) is 0 Å². The molecule has 1 aromatic heterocycles. The second kappa shape index (κ2) is 5.72. The Bertz CT molecular complexity index is 931. The minimum atomic E-state index is 0.000371. The highest BCUT2D eigenvalue weighted by molar-refractivity contribution is 5.78. The number of rotatable bonds is 1. The van der Waals surface area contributed by atoms with Gasteiger partial charge in [-0.1, -0.05) is 45.0 Å². The summed E-state index contributed by atoms with van der Waals surface area (Å²) in [6.45, 7) is 15.9. The SMILES string of the molecule is Cc1ccccc1-c1n(C)c2cc(C(C)(C)C)ccc2[n+]1C(C)(C)C. The van der Waals surface area contributed by atoms with Crippen LogP contribution in [0.5, 0.6) is 0 Å². The van der Waals surface area contributed by atoms with E-state index in [0.29, 0.717) is 0 Å². The third kappa shape index (κ3) is 2.99. The van der Waals surface area contributed by atoms with Gasteiger partial charge in [-0.25, -0.2) is 9.13 Å². The molecule has 0 atom stereocenters. The highest BCUT2D eigenvalue weighted by Crippen LogP contribution is 2.31. The lowest BCUT2D eigenvalue weighted by Crippen LogP contribution is -2.51. The molecule has 0 aliphatic heterocycles. The van der Waals surface area contributed by atoms with Crippen molar-refractivity contribution >= 4 is 11.0 Å². The molecule has 25 heavy (non-hydrogen) atoms. The van der Waals surface area contributed by atoms with Crippen LogP contribution < -0.4 is 4.57 Å². The van der Waals surface area contributed by atoms with E-state index in [1.54, 1.807) is 0 Å². The van der Waals surface area contributed by atoms with Gasteiger partial charge in [-0.05, 0) is 62.4 Å². The fraction of sp³-hybridized carbons (Fsp3) is 0.435. The fourth-order valence-electron chi connectivity index (χ4n) is 3.63. The van der Waals surface area contributed by atoms with Crippen LogP contribution >= 0.6 is 0 Å². The first-order chi connectivity index (χ1) is 11.5. The molecule has 0 saturated heterocycles. The summed E-state index contributed by atoms with van der Waals surface area (Å²) in [5, 5.41) is 0. The van der Waals surface area contributed by atoms with Crippen molar-refractivity contribution in [3.8, 4) is 11.4 Å². The lowest BCUT2D eigenvalue weighted by Gasteiger charge is -2.20. The van der Waals surface area contributed by atoms with E-state index in [-0.39, 0.29) is 11.0 Å². The van der Waals surface area contributed by atoms with Crippen LogP contribution in [0, 0.1) is 6.92 Å². The maximum absolute atomic E-state index is 2.48. The first-order valence-corrected chi connectivity index (χ1v) is 9.13. The molecule has 0 N–H and O–H groups in total. The summed E-state index contributed by atoms with van der Waals surface area (Å²) in [6, 6.07) is 15.6. The Morgan fingerprint density at radius 3 is 2.08 bits per heavy atom. The number of benzene rings is 2. The molecule has 1 heterocycles. The van der Waals surface area contributed by atoms with E-state index < -0.39 is 0 Å². The van der Waals surface area contributed by atoms with Gasteiger partial charge in [0.2, 0.25) is 0 Å². The van der Waals surface area contributed by atoms with Crippen molar-refractivity contribution in [2.75, 3.05) is 0 Å². The molecule has 3 rings (SSSR count). The van der Waals surface area contributed by atoms with E-state index in [9.17, 15) is 0 Å². The highest BCUT2D eigenvalue weighted by atomic mass is 15.2. The van der Waals surface area contributed by atoms with Gasteiger partial charge in [-0.15, -0.1) is 0 Å². The quantitative estimate of drug-likeness (QED) is 0.520. The number of nitrogens with zero attached hydrogens (tertiary/aromatic N) is 2. The van der Waals surface area contributed by atoms with Crippen molar-refractivity contribution in [3.05, 3.63) is 53.6 Å². The fourth-order valence-corrected chi connectivity index (χ4v) is 3.63. The number of fused-ring (bicyclic) bond motifs is 1. The van der Waals surface area contributed by atoms with Crippen LogP contribution in [0.25, 0.3) is 22.4 Å². The summed E-state index contributed by atoms with van der Waals surface area (Å²) in [5.41, 5.74) is 6.71. The topological polar surface area (TPSA) is 8.81 Å².